The number of thioether (sulfide) groups is 1. The van der Waals surface area contributed by atoms with Crippen LogP contribution in [0.25, 0.3) is 0 Å². The van der Waals surface area contributed by atoms with Gasteiger partial charge < -0.3 is 19.5 Å². The van der Waals surface area contributed by atoms with E-state index in [4.69, 9.17) is 8.83 Å². The maximum atomic E-state index is 13.3. The van der Waals surface area contributed by atoms with Gasteiger partial charge in [-0.05, 0) is 36.4 Å². The number of hydrogen-bond donors (Lipinski definition) is 2. The van der Waals surface area contributed by atoms with Crippen molar-refractivity contribution in [2.24, 2.45) is 9.98 Å². The van der Waals surface area contributed by atoms with Crippen LogP contribution in [0.5, 0.6) is 0 Å². The summed E-state index contributed by atoms with van der Waals surface area (Å²) < 4.78 is 10.4. The summed E-state index contributed by atoms with van der Waals surface area (Å²) in [5.41, 5.74) is 1.35. The van der Waals surface area contributed by atoms with E-state index in [0.717, 1.165) is 11.8 Å². The Morgan fingerprint density at radius 1 is 0.943 bits per heavy atom. The Hall–Kier alpha value is -4.12. The van der Waals surface area contributed by atoms with Crippen molar-refractivity contribution in [3.05, 3.63) is 78.1 Å². The predicted octanol–water partition coefficient (Wildman–Crippen LogP) is 2.59. The van der Waals surface area contributed by atoms with Crippen molar-refractivity contribution in [1.82, 2.24) is 15.5 Å². The van der Waals surface area contributed by atoms with Crippen molar-refractivity contribution in [1.29, 1.82) is 0 Å². The van der Waals surface area contributed by atoms with Gasteiger partial charge >= 0.3 is 0 Å². The molecule has 178 valence electrons. The van der Waals surface area contributed by atoms with Crippen LogP contribution in [0.15, 0.2) is 79.9 Å². The third kappa shape index (κ3) is 5.04. The second-order valence-electron chi connectivity index (χ2n) is 7.76. The number of benzene rings is 1. The number of nitrogens with zero attached hydrogens (tertiary/aromatic N) is 3. The molecule has 0 spiro atoms. The number of rotatable bonds is 8. The van der Waals surface area contributed by atoms with Crippen molar-refractivity contribution in [2.75, 3.05) is 5.75 Å². The number of para-hydroxylation sites is 1. The Morgan fingerprint density at radius 2 is 1.63 bits per heavy atom. The molecule has 0 unspecified atom stereocenters. The highest BCUT2D eigenvalue weighted by molar-refractivity contribution is 8.14. The number of carbonyl (C=O) groups excluding carboxylic acids is 3. The standard InChI is InChI=1S/C24H21N5O5S/c30-20(25-12-15-5-3-9-33-15)11-19-23(32)29-22(27-19)17-7-1-2-8-18(17)28-24(29)35-14-21(31)26-13-16-6-4-10-34-16/h1-10,19H,11-14H2,(H,25,30)(H,26,31)/t19-/m0/s1. The number of nitrogens with one attached hydrogen (secondary N) is 2. The first-order chi connectivity index (χ1) is 17.1. The first-order valence-electron chi connectivity index (χ1n) is 10.9. The number of aliphatic imine (C=N–C) groups is 2. The molecule has 4 heterocycles. The van der Waals surface area contributed by atoms with Crippen LogP contribution in [-0.4, -0.2) is 45.4 Å². The molecule has 11 heteroatoms. The second kappa shape index (κ2) is 10.0. The van der Waals surface area contributed by atoms with Crippen LogP contribution in [0.3, 0.4) is 0 Å². The Bertz CT molecular complexity index is 1300. The third-order valence-corrected chi connectivity index (χ3v) is 6.28. The lowest BCUT2D eigenvalue weighted by atomic mass is 10.1. The van der Waals surface area contributed by atoms with Gasteiger partial charge in [-0.3, -0.25) is 19.4 Å². The van der Waals surface area contributed by atoms with Crippen LogP contribution in [-0.2, 0) is 27.5 Å². The molecule has 10 nitrogen and oxygen atoms in total. The van der Waals surface area contributed by atoms with Gasteiger partial charge in [-0.25, -0.2) is 9.89 Å². The minimum Gasteiger partial charge on any atom is -0.467 e. The molecule has 5 rings (SSSR count). The average molecular weight is 492 g/mol. The van der Waals surface area contributed by atoms with E-state index in [9.17, 15) is 14.4 Å². The summed E-state index contributed by atoms with van der Waals surface area (Å²) in [6.45, 7) is 0.498. The molecule has 2 N–H and O–H groups in total. The van der Waals surface area contributed by atoms with Gasteiger partial charge in [-0.1, -0.05) is 23.9 Å². The van der Waals surface area contributed by atoms with Gasteiger partial charge in [-0.15, -0.1) is 0 Å². The fraction of sp³-hybridized carbons (Fsp3) is 0.208. The second-order valence-corrected chi connectivity index (χ2v) is 8.70. The number of fused-ring (bicyclic) bond motifs is 3. The molecular formula is C24H21N5O5S. The van der Waals surface area contributed by atoms with E-state index in [1.165, 1.54) is 17.4 Å². The number of amidine groups is 2. The monoisotopic (exact) mass is 491 g/mol. The van der Waals surface area contributed by atoms with Gasteiger partial charge in [0.05, 0.1) is 43.5 Å². The molecule has 1 aromatic carbocycles. The lowest BCUT2D eigenvalue weighted by Gasteiger charge is -2.25. The average Bonchev–Trinajstić information content (AvgIpc) is 3.63. The first-order valence-corrected chi connectivity index (χ1v) is 11.9. The fourth-order valence-corrected chi connectivity index (χ4v) is 4.49. The summed E-state index contributed by atoms with van der Waals surface area (Å²) in [4.78, 5) is 48.6. The molecule has 35 heavy (non-hydrogen) atoms. The molecule has 0 saturated carbocycles. The van der Waals surface area contributed by atoms with Crippen molar-refractivity contribution in [2.45, 2.75) is 25.6 Å². The summed E-state index contributed by atoms with van der Waals surface area (Å²) in [6, 6.07) is 13.4. The molecular weight excluding hydrogens is 470 g/mol. The number of carbonyl (C=O) groups is 3. The van der Waals surface area contributed by atoms with Crippen LogP contribution >= 0.6 is 11.8 Å². The van der Waals surface area contributed by atoms with Gasteiger partial charge in [-0.2, -0.15) is 0 Å². The van der Waals surface area contributed by atoms with Crippen LogP contribution < -0.4 is 10.6 Å². The Balaban J connectivity index is 1.27. The number of amides is 3. The maximum absolute atomic E-state index is 13.3. The molecule has 0 radical (unpaired) electrons. The highest BCUT2D eigenvalue weighted by atomic mass is 32.2. The molecule has 0 aliphatic carbocycles. The number of hydrogen-bond acceptors (Lipinski definition) is 8. The van der Waals surface area contributed by atoms with E-state index in [1.807, 2.05) is 24.3 Å². The Labute approximate surface area is 204 Å². The predicted molar refractivity (Wildman–Crippen MR) is 129 cm³/mol. The molecule has 1 atom stereocenters. The summed E-state index contributed by atoms with van der Waals surface area (Å²) in [7, 11) is 0. The van der Waals surface area contributed by atoms with Gasteiger partial charge in [0.15, 0.2) is 5.17 Å². The molecule has 0 saturated heterocycles. The van der Waals surface area contributed by atoms with Gasteiger partial charge in [0.2, 0.25) is 11.8 Å². The highest BCUT2D eigenvalue weighted by Crippen LogP contribution is 2.34. The molecule has 3 aromatic rings. The zero-order chi connectivity index (χ0) is 24.2. The normalized spacial score (nSPS) is 16.3. The van der Waals surface area contributed by atoms with E-state index in [-0.39, 0.29) is 43.0 Å². The van der Waals surface area contributed by atoms with E-state index in [1.54, 1.807) is 24.3 Å². The van der Waals surface area contributed by atoms with E-state index in [0.29, 0.717) is 33.8 Å². The van der Waals surface area contributed by atoms with E-state index >= 15 is 0 Å². The molecule has 2 aliphatic rings. The summed E-state index contributed by atoms with van der Waals surface area (Å²) >= 11 is 1.13. The smallest absolute Gasteiger partial charge is 0.259 e. The zero-order valence-electron chi connectivity index (χ0n) is 18.5. The summed E-state index contributed by atoms with van der Waals surface area (Å²) in [5.74, 6) is 0.836. The molecule has 0 bridgehead atoms. The third-order valence-electron chi connectivity index (χ3n) is 5.34. The van der Waals surface area contributed by atoms with Crippen molar-refractivity contribution >= 4 is 46.2 Å². The lowest BCUT2D eigenvalue weighted by molar-refractivity contribution is -0.128. The van der Waals surface area contributed by atoms with E-state index < -0.39 is 6.04 Å². The SMILES string of the molecule is O=C(CSC1=Nc2ccccc2C2=N[C@@H](CC(=O)NCc3ccco3)C(=O)N12)NCc1ccco1. The zero-order valence-corrected chi connectivity index (χ0v) is 19.3. The molecule has 0 fully saturated rings. The van der Waals surface area contributed by atoms with Gasteiger partial charge in [0.25, 0.3) is 5.91 Å². The van der Waals surface area contributed by atoms with Gasteiger partial charge in [0.1, 0.15) is 23.4 Å². The van der Waals surface area contributed by atoms with Crippen LogP contribution in [0.2, 0.25) is 0 Å². The minimum atomic E-state index is -0.883. The Kier molecular flexibility index (Phi) is 6.49. The summed E-state index contributed by atoms with van der Waals surface area (Å²) in [5, 5.41) is 5.86. The first kappa shape index (κ1) is 22.7. The van der Waals surface area contributed by atoms with Crippen molar-refractivity contribution in [3.8, 4) is 0 Å². The van der Waals surface area contributed by atoms with Crippen molar-refractivity contribution in [3.63, 3.8) is 0 Å². The molecule has 3 amide bonds. The van der Waals surface area contributed by atoms with Crippen molar-refractivity contribution < 1.29 is 23.2 Å². The summed E-state index contributed by atoms with van der Waals surface area (Å²) in [6.07, 6.45) is 2.96. The van der Waals surface area contributed by atoms with Gasteiger partial charge in [0, 0.05) is 5.56 Å². The molecule has 2 aliphatic heterocycles. The Morgan fingerprint density at radius 3 is 2.31 bits per heavy atom. The number of furan rings is 2. The van der Waals surface area contributed by atoms with E-state index in [2.05, 4.69) is 20.6 Å². The highest BCUT2D eigenvalue weighted by Gasteiger charge is 2.42. The largest absolute Gasteiger partial charge is 0.467 e. The minimum absolute atomic E-state index is 0.0487. The van der Waals surface area contributed by atoms with Crippen LogP contribution in [0.4, 0.5) is 5.69 Å². The fourth-order valence-electron chi connectivity index (χ4n) is 3.66. The van der Waals surface area contributed by atoms with Crippen LogP contribution in [0.1, 0.15) is 23.5 Å². The topological polar surface area (TPSA) is 130 Å². The molecule has 2 aromatic heterocycles. The quantitative estimate of drug-likeness (QED) is 0.498. The lowest BCUT2D eigenvalue weighted by Crippen LogP contribution is -2.42. The maximum Gasteiger partial charge on any atom is 0.259 e. The van der Waals surface area contributed by atoms with Crippen LogP contribution in [0, 0.1) is 0 Å².